The van der Waals surface area contributed by atoms with E-state index in [9.17, 15) is 4.79 Å². The number of nitrogens with zero attached hydrogens (tertiary/aromatic N) is 1. The third-order valence-electron chi connectivity index (χ3n) is 5.77. The molecule has 180 valence electrons. The number of carbonyl (C=O) groups excluding carboxylic acids is 1. The predicted octanol–water partition coefficient (Wildman–Crippen LogP) is 7.24. The van der Waals surface area contributed by atoms with Gasteiger partial charge in [0.2, 0.25) is 0 Å². The molecule has 1 aliphatic rings. The van der Waals surface area contributed by atoms with Gasteiger partial charge in [-0.3, -0.25) is 4.79 Å². The molecular formula is C28H32Cl2N2O2. The van der Waals surface area contributed by atoms with Crippen molar-refractivity contribution in [3.8, 4) is 0 Å². The normalized spacial score (nSPS) is 15.9. The topological polar surface area (TPSA) is 50.7 Å². The first-order chi connectivity index (χ1) is 16.3. The molecule has 0 aromatic heterocycles. The summed E-state index contributed by atoms with van der Waals surface area (Å²) < 4.78 is 5.99. The van der Waals surface area contributed by atoms with Gasteiger partial charge in [0.1, 0.15) is 11.8 Å². The van der Waals surface area contributed by atoms with Crippen LogP contribution in [0.3, 0.4) is 0 Å². The van der Waals surface area contributed by atoms with Crippen LogP contribution in [0.1, 0.15) is 55.4 Å². The minimum absolute atomic E-state index is 0.175. The summed E-state index contributed by atoms with van der Waals surface area (Å²) in [4.78, 5) is 17.5. The van der Waals surface area contributed by atoms with E-state index in [-0.39, 0.29) is 12.0 Å². The number of allylic oxidation sites excluding steroid dienone is 1. The Labute approximate surface area is 212 Å². The van der Waals surface area contributed by atoms with Crippen LogP contribution in [0, 0.1) is 13.8 Å². The summed E-state index contributed by atoms with van der Waals surface area (Å²) >= 11 is 12.4. The van der Waals surface area contributed by atoms with E-state index in [1.807, 2.05) is 50.2 Å². The zero-order chi connectivity index (χ0) is 24.7. The van der Waals surface area contributed by atoms with Gasteiger partial charge in [-0.2, -0.15) is 0 Å². The maximum atomic E-state index is 13.0. The van der Waals surface area contributed by atoms with Crippen molar-refractivity contribution in [2.24, 2.45) is 4.99 Å². The summed E-state index contributed by atoms with van der Waals surface area (Å²) in [5.41, 5.74) is 5.92. The minimum Gasteiger partial charge on any atom is -0.473 e. The second kappa shape index (κ2) is 12.2. The Morgan fingerprint density at radius 1 is 1.12 bits per heavy atom. The highest BCUT2D eigenvalue weighted by molar-refractivity contribution is 6.31. The summed E-state index contributed by atoms with van der Waals surface area (Å²) in [7, 11) is 0. The van der Waals surface area contributed by atoms with Gasteiger partial charge in [0.25, 0.3) is 5.91 Å². The largest absolute Gasteiger partial charge is 0.473 e. The zero-order valence-electron chi connectivity index (χ0n) is 20.3. The number of carbonyl (C=O) groups is 1. The van der Waals surface area contributed by atoms with E-state index >= 15 is 0 Å². The van der Waals surface area contributed by atoms with Crippen LogP contribution in [0.5, 0.6) is 0 Å². The summed E-state index contributed by atoms with van der Waals surface area (Å²) in [5.74, 6) is 0.354. The Bertz CT molecular complexity index is 1140. The number of aliphatic imine (C=N–C) groups is 1. The number of benzene rings is 2. The van der Waals surface area contributed by atoms with Crippen molar-refractivity contribution in [2.45, 2.75) is 59.5 Å². The standard InChI is InChI=1S/C28H32Cl2N2O2/c1-5-7-21(24-16-22(29)10-8-18(24)3)12-13-31-28(33)26-17-23(6-2)34-27(32-26)15-20-9-11-25(30)19(4)14-20/h7-11,14,16-17,23H,5-6,12-13,15H2,1-4H3,(H,31,33). The molecule has 0 spiro atoms. The second-order valence-corrected chi connectivity index (χ2v) is 9.33. The number of halogens is 2. The molecule has 0 radical (unpaired) electrons. The fourth-order valence-corrected chi connectivity index (χ4v) is 4.21. The number of ether oxygens (including phenoxy) is 1. The molecule has 1 unspecified atom stereocenters. The van der Waals surface area contributed by atoms with E-state index in [2.05, 4.69) is 30.2 Å². The SMILES string of the molecule is CCC=C(CCNC(=O)C1=CC(CC)OC(Cc2ccc(Cl)c(C)c2)=N1)c1cc(Cl)ccc1C. The fraction of sp³-hybridized carbons (Fsp3) is 0.357. The number of nitrogens with one attached hydrogen (secondary N) is 1. The third kappa shape index (κ3) is 6.97. The summed E-state index contributed by atoms with van der Waals surface area (Å²) in [6, 6.07) is 11.8. The average Bonchev–Trinajstić information content (AvgIpc) is 2.82. The van der Waals surface area contributed by atoms with Crippen LogP contribution in [0.2, 0.25) is 10.0 Å². The Kier molecular flexibility index (Phi) is 9.37. The highest BCUT2D eigenvalue weighted by Crippen LogP contribution is 2.26. The Morgan fingerprint density at radius 3 is 2.62 bits per heavy atom. The maximum Gasteiger partial charge on any atom is 0.269 e. The molecule has 0 bridgehead atoms. The summed E-state index contributed by atoms with van der Waals surface area (Å²) in [6.07, 6.45) is 6.71. The van der Waals surface area contributed by atoms with E-state index in [1.165, 1.54) is 11.1 Å². The number of hydrogen-bond acceptors (Lipinski definition) is 3. The Balaban J connectivity index is 1.68. The lowest BCUT2D eigenvalue weighted by Gasteiger charge is -2.22. The number of rotatable bonds is 9. The van der Waals surface area contributed by atoms with Gasteiger partial charge in [-0.25, -0.2) is 4.99 Å². The molecular weight excluding hydrogens is 467 g/mol. The number of hydrogen-bond donors (Lipinski definition) is 1. The molecule has 0 saturated carbocycles. The van der Waals surface area contributed by atoms with Crippen molar-refractivity contribution in [3.63, 3.8) is 0 Å². The Hall–Kier alpha value is -2.56. The zero-order valence-corrected chi connectivity index (χ0v) is 21.8. The molecule has 34 heavy (non-hydrogen) atoms. The van der Waals surface area contributed by atoms with Gasteiger partial charge in [-0.05, 0) is 85.2 Å². The minimum atomic E-state index is -0.190. The van der Waals surface area contributed by atoms with Crippen LogP contribution < -0.4 is 5.32 Å². The first kappa shape index (κ1) is 26.1. The van der Waals surface area contributed by atoms with Gasteiger partial charge in [-0.15, -0.1) is 0 Å². The molecule has 2 aromatic carbocycles. The lowest BCUT2D eigenvalue weighted by atomic mass is 9.97. The van der Waals surface area contributed by atoms with Crippen LogP contribution in [0.15, 0.2) is 59.2 Å². The molecule has 1 N–H and O–H groups in total. The molecule has 2 aromatic rings. The van der Waals surface area contributed by atoms with E-state index in [0.29, 0.717) is 36.0 Å². The van der Waals surface area contributed by atoms with Gasteiger partial charge in [0, 0.05) is 23.0 Å². The first-order valence-electron chi connectivity index (χ1n) is 11.8. The molecule has 1 aliphatic heterocycles. The van der Waals surface area contributed by atoms with Gasteiger partial charge >= 0.3 is 0 Å². The lowest BCUT2D eigenvalue weighted by molar-refractivity contribution is -0.117. The first-order valence-corrected chi connectivity index (χ1v) is 12.5. The summed E-state index contributed by atoms with van der Waals surface area (Å²) in [6.45, 7) is 8.68. The van der Waals surface area contributed by atoms with E-state index in [4.69, 9.17) is 27.9 Å². The van der Waals surface area contributed by atoms with Crippen molar-refractivity contribution in [2.75, 3.05) is 6.54 Å². The molecule has 6 heteroatoms. The smallest absolute Gasteiger partial charge is 0.269 e. The second-order valence-electron chi connectivity index (χ2n) is 8.49. The number of aryl methyl sites for hydroxylation is 2. The predicted molar refractivity (Wildman–Crippen MR) is 143 cm³/mol. The Morgan fingerprint density at radius 2 is 1.91 bits per heavy atom. The highest BCUT2D eigenvalue weighted by atomic mass is 35.5. The molecule has 0 saturated heterocycles. The molecule has 1 heterocycles. The molecule has 1 amide bonds. The van der Waals surface area contributed by atoms with Gasteiger partial charge in [0.15, 0.2) is 5.90 Å². The van der Waals surface area contributed by atoms with E-state index in [0.717, 1.165) is 34.6 Å². The van der Waals surface area contributed by atoms with Crippen molar-refractivity contribution < 1.29 is 9.53 Å². The monoisotopic (exact) mass is 498 g/mol. The quantitative estimate of drug-likeness (QED) is 0.395. The van der Waals surface area contributed by atoms with Crippen molar-refractivity contribution >= 4 is 40.6 Å². The number of amides is 1. The van der Waals surface area contributed by atoms with Crippen LogP contribution in [-0.2, 0) is 16.0 Å². The van der Waals surface area contributed by atoms with Crippen LogP contribution >= 0.6 is 23.2 Å². The molecule has 4 nitrogen and oxygen atoms in total. The fourth-order valence-electron chi connectivity index (χ4n) is 3.92. The average molecular weight is 499 g/mol. The van der Waals surface area contributed by atoms with Gasteiger partial charge < -0.3 is 10.1 Å². The van der Waals surface area contributed by atoms with E-state index < -0.39 is 0 Å². The third-order valence-corrected chi connectivity index (χ3v) is 6.42. The van der Waals surface area contributed by atoms with E-state index in [1.54, 1.807) is 6.08 Å². The van der Waals surface area contributed by atoms with Crippen LogP contribution in [0.25, 0.3) is 5.57 Å². The molecule has 3 rings (SSSR count). The van der Waals surface area contributed by atoms with Crippen LogP contribution in [-0.4, -0.2) is 24.5 Å². The summed E-state index contributed by atoms with van der Waals surface area (Å²) in [5, 5.41) is 4.47. The molecule has 0 aliphatic carbocycles. The molecule has 0 fully saturated rings. The van der Waals surface area contributed by atoms with Crippen molar-refractivity contribution in [1.29, 1.82) is 0 Å². The highest BCUT2D eigenvalue weighted by Gasteiger charge is 2.21. The maximum absolute atomic E-state index is 13.0. The lowest BCUT2D eigenvalue weighted by Crippen LogP contribution is -2.30. The van der Waals surface area contributed by atoms with Gasteiger partial charge in [0.05, 0.1) is 0 Å². The van der Waals surface area contributed by atoms with Crippen molar-refractivity contribution in [1.82, 2.24) is 5.32 Å². The molecule has 1 atom stereocenters. The van der Waals surface area contributed by atoms with Gasteiger partial charge in [-0.1, -0.05) is 61.3 Å². The van der Waals surface area contributed by atoms with Crippen LogP contribution in [0.4, 0.5) is 0 Å². The van der Waals surface area contributed by atoms with Crippen molar-refractivity contribution in [3.05, 3.63) is 86.5 Å².